The Morgan fingerprint density at radius 3 is 2.32 bits per heavy atom. The minimum atomic E-state index is -0.411. The second-order valence-corrected chi connectivity index (χ2v) is 15.1. The van der Waals surface area contributed by atoms with Gasteiger partial charge in [-0.15, -0.1) is 6.58 Å². The van der Waals surface area contributed by atoms with Crippen LogP contribution in [0, 0.1) is 56.7 Å². The maximum absolute atomic E-state index is 13.8. The largest absolute Gasteiger partial charge is 0.396 e. The summed E-state index contributed by atoms with van der Waals surface area (Å²) in [7, 11) is 0. The van der Waals surface area contributed by atoms with Crippen molar-refractivity contribution in [1.82, 2.24) is 5.32 Å². The highest BCUT2D eigenvalue weighted by Gasteiger charge is 2.72. The molecule has 0 aromatic rings. The van der Waals surface area contributed by atoms with Gasteiger partial charge in [-0.3, -0.25) is 4.79 Å². The van der Waals surface area contributed by atoms with Crippen LogP contribution in [-0.4, -0.2) is 35.4 Å². The molecule has 4 heteroatoms. The first-order valence-corrected chi connectivity index (χ1v) is 15.2. The first-order chi connectivity index (χ1) is 17.4. The van der Waals surface area contributed by atoms with E-state index in [4.69, 9.17) is 0 Å². The Morgan fingerprint density at radius 2 is 1.68 bits per heavy atom. The van der Waals surface area contributed by atoms with Crippen molar-refractivity contribution in [3.63, 3.8) is 0 Å². The van der Waals surface area contributed by atoms with Gasteiger partial charge in [0.25, 0.3) is 0 Å². The average Bonchev–Trinajstić information content (AvgIpc) is 3.27. The van der Waals surface area contributed by atoms with Crippen LogP contribution in [0.1, 0.15) is 98.8 Å². The summed E-state index contributed by atoms with van der Waals surface area (Å²) in [5, 5.41) is 24.7. The van der Waals surface area contributed by atoms with Gasteiger partial charge >= 0.3 is 0 Å². The highest BCUT2D eigenvalue weighted by atomic mass is 16.3. The molecular weight excluding hydrogens is 458 g/mol. The molecule has 0 aromatic carbocycles. The molecule has 5 saturated carbocycles. The summed E-state index contributed by atoms with van der Waals surface area (Å²) in [4.78, 5) is 13.8. The average molecular weight is 512 g/mol. The fraction of sp³-hybridized carbons (Fsp3) is 0.848. The van der Waals surface area contributed by atoms with Gasteiger partial charge in [0.15, 0.2) is 0 Å². The van der Waals surface area contributed by atoms with Crippen LogP contribution in [0.25, 0.3) is 0 Å². The van der Waals surface area contributed by atoms with Gasteiger partial charge in [0, 0.05) is 12.0 Å². The molecule has 4 nitrogen and oxygen atoms in total. The number of hydrogen-bond donors (Lipinski definition) is 3. The maximum atomic E-state index is 13.8. The van der Waals surface area contributed by atoms with E-state index in [1.165, 1.54) is 18.4 Å². The molecule has 5 rings (SSSR count). The molecule has 0 heterocycles. The molecule has 4 unspecified atom stereocenters. The number of carbonyl (C=O) groups is 1. The predicted octanol–water partition coefficient (Wildman–Crippen LogP) is 6.28. The molecule has 11 atom stereocenters. The summed E-state index contributed by atoms with van der Waals surface area (Å²) in [6.45, 7) is 20.9. The van der Waals surface area contributed by atoms with Gasteiger partial charge in [0.1, 0.15) is 0 Å². The second-order valence-electron chi connectivity index (χ2n) is 15.1. The molecule has 1 amide bonds. The predicted molar refractivity (Wildman–Crippen MR) is 150 cm³/mol. The molecule has 5 fully saturated rings. The smallest absolute Gasteiger partial charge is 0.226 e. The van der Waals surface area contributed by atoms with Crippen molar-refractivity contribution in [3.8, 4) is 0 Å². The van der Waals surface area contributed by atoms with Crippen molar-refractivity contribution < 1.29 is 15.0 Å². The Morgan fingerprint density at radius 1 is 0.946 bits per heavy atom. The van der Waals surface area contributed by atoms with E-state index in [9.17, 15) is 15.0 Å². The van der Waals surface area contributed by atoms with Gasteiger partial charge in [0.2, 0.25) is 5.91 Å². The number of hydrogen-bond acceptors (Lipinski definition) is 3. The van der Waals surface area contributed by atoms with Crippen LogP contribution in [0.5, 0.6) is 0 Å². The molecule has 3 N–H and O–H groups in total. The molecule has 0 aliphatic heterocycles. The fourth-order valence-corrected chi connectivity index (χ4v) is 11.9. The van der Waals surface area contributed by atoms with Gasteiger partial charge in [-0.2, -0.15) is 0 Å². The number of nitrogens with one attached hydrogen (secondary N) is 1. The normalized spacial score (nSPS) is 52.7. The van der Waals surface area contributed by atoms with E-state index < -0.39 is 11.5 Å². The molecule has 208 valence electrons. The first-order valence-electron chi connectivity index (χ1n) is 15.2. The summed E-state index contributed by atoms with van der Waals surface area (Å²) in [5.41, 5.74) is 1.10. The van der Waals surface area contributed by atoms with Crippen LogP contribution in [0.4, 0.5) is 0 Å². The lowest BCUT2D eigenvalue weighted by atomic mass is 9.32. The van der Waals surface area contributed by atoms with Crippen LogP contribution in [0.2, 0.25) is 0 Å². The zero-order chi connectivity index (χ0) is 27.0. The van der Waals surface area contributed by atoms with Gasteiger partial charge < -0.3 is 15.5 Å². The van der Waals surface area contributed by atoms with Crippen LogP contribution >= 0.6 is 0 Å². The Hall–Kier alpha value is -1.13. The Labute approximate surface area is 225 Å². The lowest BCUT2D eigenvalue weighted by molar-refractivity contribution is -0.252. The number of fused-ring (bicyclic) bond motifs is 7. The van der Waals surface area contributed by atoms with Crippen molar-refractivity contribution in [2.45, 2.75) is 105 Å². The van der Waals surface area contributed by atoms with Gasteiger partial charge in [-0.05, 0) is 117 Å². The van der Waals surface area contributed by atoms with Crippen LogP contribution < -0.4 is 5.32 Å². The number of rotatable bonds is 5. The first kappa shape index (κ1) is 27.4. The molecule has 0 radical (unpaired) electrons. The van der Waals surface area contributed by atoms with E-state index in [1.807, 2.05) is 0 Å². The number of carbonyl (C=O) groups excluding carboxylic acids is 1. The molecule has 0 spiro atoms. The summed E-state index contributed by atoms with van der Waals surface area (Å²) < 4.78 is 0. The molecule has 5 aliphatic rings. The highest BCUT2D eigenvalue weighted by molar-refractivity contribution is 5.84. The van der Waals surface area contributed by atoms with Crippen LogP contribution in [-0.2, 0) is 4.79 Å². The van der Waals surface area contributed by atoms with E-state index in [0.717, 1.165) is 51.4 Å². The number of amides is 1. The summed E-state index contributed by atoms with van der Waals surface area (Å²) in [6, 6.07) is 0. The summed E-state index contributed by atoms with van der Waals surface area (Å²) in [5.74, 6) is 2.52. The van der Waals surface area contributed by atoms with Crippen LogP contribution in [0.15, 0.2) is 24.8 Å². The van der Waals surface area contributed by atoms with E-state index in [-0.39, 0.29) is 34.2 Å². The third-order valence-corrected chi connectivity index (χ3v) is 14.0. The van der Waals surface area contributed by atoms with Crippen LogP contribution in [0.3, 0.4) is 0 Å². The third-order valence-electron chi connectivity index (χ3n) is 14.0. The second kappa shape index (κ2) is 8.95. The minimum absolute atomic E-state index is 0.0719. The van der Waals surface area contributed by atoms with Crippen molar-refractivity contribution in [2.24, 2.45) is 56.7 Å². The monoisotopic (exact) mass is 511 g/mol. The van der Waals surface area contributed by atoms with E-state index in [1.54, 1.807) is 6.08 Å². The Kier molecular flexibility index (Phi) is 6.63. The Bertz CT molecular complexity index is 961. The lowest BCUT2D eigenvalue weighted by Gasteiger charge is -2.73. The Balaban J connectivity index is 1.54. The van der Waals surface area contributed by atoms with Crippen molar-refractivity contribution in [3.05, 3.63) is 24.8 Å². The SMILES string of the molecule is C=CCNC(=O)[C@]12CC[C@@H](C(=C)C)C1C1CCC3[C@@]4(C)CC[C@H](O)[C@@](C)(CO)C4CC[C@@]3(C)[C@]1(C)CC2. The maximum Gasteiger partial charge on any atom is 0.226 e. The van der Waals surface area contributed by atoms with Crippen molar-refractivity contribution >= 4 is 5.91 Å². The van der Waals surface area contributed by atoms with Gasteiger partial charge in [0.05, 0.1) is 18.1 Å². The number of allylic oxidation sites excluding steroid dienone is 1. The molecule has 0 bridgehead atoms. The topological polar surface area (TPSA) is 69.6 Å². The standard InChI is InChI=1S/C33H53NO3/c1-8-19-34-28(37)33-16-11-22(21(2)3)27(33)23-9-10-25-29(4)14-13-26(36)30(5,20-35)24(29)12-15-32(25,7)31(23,6)17-18-33/h8,22-27,35-36H,1-2,9-20H2,3-7H3,(H,34,37)/t22-,23?,24?,25?,26-,27?,29-,30-,31+,32+,33-/m0/s1. The van der Waals surface area contributed by atoms with E-state index in [2.05, 4.69) is 53.1 Å². The van der Waals surface area contributed by atoms with E-state index >= 15 is 0 Å². The zero-order valence-electron chi connectivity index (χ0n) is 24.2. The molecule has 0 aromatic heterocycles. The molecule has 5 aliphatic carbocycles. The number of aliphatic hydroxyl groups is 2. The highest BCUT2D eigenvalue weighted by Crippen LogP contribution is 2.77. The molecule has 0 saturated heterocycles. The molecule has 37 heavy (non-hydrogen) atoms. The number of aliphatic hydroxyl groups excluding tert-OH is 2. The van der Waals surface area contributed by atoms with Crippen molar-refractivity contribution in [2.75, 3.05) is 13.2 Å². The van der Waals surface area contributed by atoms with Gasteiger partial charge in [-0.1, -0.05) is 45.9 Å². The minimum Gasteiger partial charge on any atom is -0.396 e. The third kappa shape index (κ3) is 3.43. The summed E-state index contributed by atoms with van der Waals surface area (Å²) >= 11 is 0. The summed E-state index contributed by atoms with van der Waals surface area (Å²) in [6.07, 6.45) is 12.0. The van der Waals surface area contributed by atoms with E-state index in [0.29, 0.717) is 36.1 Å². The zero-order valence-corrected chi connectivity index (χ0v) is 24.2. The van der Waals surface area contributed by atoms with Crippen molar-refractivity contribution in [1.29, 1.82) is 0 Å². The fourth-order valence-electron chi connectivity index (χ4n) is 11.9. The lowest BCUT2D eigenvalue weighted by Crippen LogP contribution is -2.68. The quantitative estimate of drug-likeness (QED) is 0.381. The van der Waals surface area contributed by atoms with Gasteiger partial charge in [-0.25, -0.2) is 0 Å². The molecular formula is C33H53NO3.